The van der Waals surface area contributed by atoms with Crippen LogP contribution in [0.4, 0.5) is 5.82 Å². The highest BCUT2D eigenvalue weighted by Crippen LogP contribution is 2.35. The van der Waals surface area contributed by atoms with E-state index in [1.54, 1.807) is 19.2 Å². The molecule has 0 saturated carbocycles. The molecule has 0 spiro atoms. The first-order valence-corrected chi connectivity index (χ1v) is 13.9. The van der Waals surface area contributed by atoms with Crippen molar-refractivity contribution in [2.24, 2.45) is 0 Å². The van der Waals surface area contributed by atoms with E-state index in [4.69, 9.17) is 9.72 Å². The third-order valence-electron chi connectivity index (χ3n) is 6.42. The van der Waals surface area contributed by atoms with Gasteiger partial charge >= 0.3 is 0 Å². The minimum Gasteiger partial charge on any atom is -0.497 e. The second-order valence-corrected chi connectivity index (χ2v) is 10.4. The van der Waals surface area contributed by atoms with Gasteiger partial charge < -0.3 is 10.1 Å². The van der Waals surface area contributed by atoms with Gasteiger partial charge in [0.25, 0.3) is 5.56 Å². The van der Waals surface area contributed by atoms with Crippen LogP contribution in [0.2, 0.25) is 0 Å². The van der Waals surface area contributed by atoms with Crippen LogP contribution >= 0.6 is 11.8 Å². The van der Waals surface area contributed by atoms with Crippen molar-refractivity contribution in [3.63, 3.8) is 0 Å². The fraction of sp³-hybridized carbons (Fsp3) is 0.125. The summed E-state index contributed by atoms with van der Waals surface area (Å²) in [5.41, 5.74) is 5.27. The van der Waals surface area contributed by atoms with Crippen molar-refractivity contribution in [2.45, 2.75) is 18.4 Å². The van der Waals surface area contributed by atoms with Crippen molar-refractivity contribution < 1.29 is 9.53 Å². The summed E-state index contributed by atoms with van der Waals surface area (Å²) in [6.07, 6.45) is 0.155. The third kappa shape index (κ3) is 6.40. The number of methoxy groups -OCH3 is 1. The second kappa shape index (κ2) is 12.4. The molecule has 0 unspecified atom stereocenters. The fourth-order valence-corrected chi connectivity index (χ4v) is 5.23. The molecule has 0 atom stereocenters. The molecule has 9 heteroatoms. The quantitative estimate of drug-likeness (QED) is 0.207. The lowest BCUT2D eigenvalue weighted by molar-refractivity contribution is -0.115. The Hall–Kier alpha value is -5.07. The third-order valence-corrected chi connectivity index (χ3v) is 7.40. The molecule has 41 heavy (non-hydrogen) atoms. The highest BCUT2D eigenvalue weighted by atomic mass is 32.2. The molecule has 0 saturated heterocycles. The zero-order valence-corrected chi connectivity index (χ0v) is 23.4. The van der Waals surface area contributed by atoms with Crippen LogP contribution in [0.3, 0.4) is 0 Å². The van der Waals surface area contributed by atoms with E-state index in [2.05, 4.69) is 16.5 Å². The van der Waals surface area contributed by atoms with Crippen LogP contribution in [0.1, 0.15) is 17.5 Å². The number of nitrogens with zero attached hydrogens (tertiary/aromatic N) is 3. The van der Waals surface area contributed by atoms with E-state index in [1.165, 1.54) is 22.5 Å². The zero-order valence-electron chi connectivity index (χ0n) is 22.5. The number of anilines is 1. The number of thioether (sulfide) groups is 1. The molecule has 2 N–H and O–H groups in total. The molecule has 1 amide bonds. The molecule has 204 valence electrons. The van der Waals surface area contributed by atoms with E-state index in [0.717, 1.165) is 28.0 Å². The molecule has 5 rings (SSSR count). The Labute approximate surface area is 241 Å². The number of benzene rings is 3. The molecule has 0 radical (unpaired) electrons. The van der Waals surface area contributed by atoms with Crippen LogP contribution in [0.5, 0.6) is 5.75 Å². The SMILES string of the molecule is COc1ccc(-c2cc(-c3ccc(C)cc3)c(C#N)c(SCCC(=O)Nc3cc(=O)n(-c4ccccc4)[nH]3)n2)cc1. The second-order valence-electron chi connectivity index (χ2n) is 9.27. The van der Waals surface area contributed by atoms with Crippen LogP contribution in [0.25, 0.3) is 28.1 Å². The number of ether oxygens (including phenoxy) is 1. The van der Waals surface area contributed by atoms with Gasteiger partial charge in [-0.1, -0.05) is 48.0 Å². The van der Waals surface area contributed by atoms with E-state index in [1.807, 2.05) is 79.7 Å². The Balaban J connectivity index is 1.36. The van der Waals surface area contributed by atoms with Gasteiger partial charge in [0, 0.05) is 29.4 Å². The number of rotatable bonds is 9. The highest BCUT2D eigenvalue weighted by molar-refractivity contribution is 7.99. The van der Waals surface area contributed by atoms with Crippen molar-refractivity contribution in [3.05, 3.63) is 112 Å². The monoisotopic (exact) mass is 561 g/mol. The van der Waals surface area contributed by atoms with Gasteiger partial charge in [0.15, 0.2) is 0 Å². The summed E-state index contributed by atoms with van der Waals surface area (Å²) in [7, 11) is 1.62. The first-order valence-electron chi connectivity index (χ1n) is 12.9. The number of hydrogen-bond acceptors (Lipinski definition) is 6. The number of pyridine rings is 1. The number of nitriles is 1. The summed E-state index contributed by atoms with van der Waals surface area (Å²) >= 11 is 1.35. The maximum Gasteiger partial charge on any atom is 0.273 e. The lowest BCUT2D eigenvalue weighted by Gasteiger charge is -2.13. The number of para-hydroxylation sites is 1. The molecular formula is C32H27N5O3S. The number of amides is 1. The summed E-state index contributed by atoms with van der Waals surface area (Å²) in [5, 5.41) is 16.4. The Kier molecular flexibility index (Phi) is 8.32. The van der Waals surface area contributed by atoms with E-state index >= 15 is 0 Å². The van der Waals surface area contributed by atoms with E-state index < -0.39 is 0 Å². The van der Waals surface area contributed by atoms with Crippen LogP contribution in [-0.4, -0.2) is 33.5 Å². The van der Waals surface area contributed by atoms with Crippen LogP contribution in [0.15, 0.2) is 101 Å². The number of H-pyrrole nitrogens is 1. The van der Waals surface area contributed by atoms with E-state index in [-0.39, 0.29) is 17.9 Å². The predicted octanol–water partition coefficient (Wildman–Crippen LogP) is 6.20. The van der Waals surface area contributed by atoms with Crippen LogP contribution in [-0.2, 0) is 4.79 Å². The molecule has 0 fully saturated rings. The summed E-state index contributed by atoms with van der Waals surface area (Å²) < 4.78 is 6.66. The summed E-state index contributed by atoms with van der Waals surface area (Å²) in [4.78, 5) is 29.9. The van der Waals surface area contributed by atoms with Crippen molar-refractivity contribution in [1.29, 1.82) is 5.26 Å². The van der Waals surface area contributed by atoms with Gasteiger partial charge in [0.1, 0.15) is 22.7 Å². The van der Waals surface area contributed by atoms with Crippen molar-refractivity contribution in [3.8, 4) is 39.9 Å². The number of hydrogen-bond donors (Lipinski definition) is 2. The molecule has 5 aromatic rings. The van der Waals surface area contributed by atoms with E-state index in [0.29, 0.717) is 33.5 Å². The number of aryl methyl sites for hydroxylation is 1. The van der Waals surface area contributed by atoms with Gasteiger partial charge in [0.2, 0.25) is 5.91 Å². The highest BCUT2D eigenvalue weighted by Gasteiger charge is 2.17. The Morgan fingerprint density at radius 3 is 2.41 bits per heavy atom. The van der Waals surface area contributed by atoms with E-state index in [9.17, 15) is 14.9 Å². The van der Waals surface area contributed by atoms with Crippen molar-refractivity contribution >= 4 is 23.5 Å². The molecule has 0 aliphatic carbocycles. The summed E-state index contributed by atoms with van der Waals surface area (Å²) in [5.74, 6) is 1.17. The number of nitrogens with one attached hydrogen (secondary N) is 2. The van der Waals surface area contributed by atoms with Gasteiger partial charge in [-0.25, -0.2) is 9.67 Å². The van der Waals surface area contributed by atoms with Gasteiger partial charge in [0.05, 0.1) is 24.1 Å². The molecule has 0 bridgehead atoms. The minimum atomic E-state index is -0.275. The standard InChI is InChI=1S/C32H27N5O3S/c1-21-8-10-22(11-9-21)26-18-28(23-12-14-25(40-2)15-13-23)34-32(27(26)20-33)41-17-16-30(38)35-29-19-31(39)37(36-29)24-6-4-3-5-7-24/h3-15,18-19,36H,16-17H2,1-2H3,(H,35,38). The predicted molar refractivity (Wildman–Crippen MR) is 161 cm³/mol. The fourth-order valence-electron chi connectivity index (χ4n) is 4.29. The average molecular weight is 562 g/mol. The number of aromatic amines is 1. The van der Waals surface area contributed by atoms with Crippen LogP contribution in [0, 0.1) is 18.3 Å². The molecule has 0 aliphatic rings. The summed E-state index contributed by atoms with van der Waals surface area (Å²) in [6, 6.07) is 30.3. The molecule has 2 aromatic heterocycles. The molecule has 0 aliphatic heterocycles. The molecule has 3 aromatic carbocycles. The smallest absolute Gasteiger partial charge is 0.273 e. The minimum absolute atomic E-state index is 0.155. The first-order chi connectivity index (χ1) is 19.9. The molecule has 8 nitrogen and oxygen atoms in total. The Bertz CT molecular complexity index is 1770. The average Bonchev–Trinajstić information content (AvgIpc) is 3.37. The number of carbonyl (C=O) groups is 1. The van der Waals surface area contributed by atoms with Crippen LogP contribution < -0.4 is 15.6 Å². The molecule has 2 heterocycles. The molecular weight excluding hydrogens is 534 g/mol. The van der Waals surface area contributed by atoms with Gasteiger partial charge in [-0.2, -0.15) is 5.26 Å². The largest absolute Gasteiger partial charge is 0.497 e. The first kappa shape index (κ1) is 27.5. The van der Waals surface area contributed by atoms with Gasteiger partial charge in [-0.05, 0) is 55.0 Å². The number of carbonyl (C=O) groups excluding carboxylic acids is 1. The zero-order chi connectivity index (χ0) is 28.8. The Morgan fingerprint density at radius 2 is 1.73 bits per heavy atom. The lowest BCUT2D eigenvalue weighted by Crippen LogP contribution is -2.14. The van der Waals surface area contributed by atoms with Gasteiger partial charge in [-0.3, -0.25) is 14.7 Å². The van der Waals surface area contributed by atoms with Crippen molar-refractivity contribution in [1.82, 2.24) is 14.8 Å². The summed E-state index contributed by atoms with van der Waals surface area (Å²) in [6.45, 7) is 2.02. The maximum absolute atomic E-state index is 12.7. The Morgan fingerprint density at radius 1 is 1.02 bits per heavy atom. The topological polar surface area (TPSA) is 113 Å². The normalized spacial score (nSPS) is 10.7. The lowest BCUT2D eigenvalue weighted by atomic mass is 9.98. The maximum atomic E-state index is 12.7. The van der Waals surface area contributed by atoms with Gasteiger partial charge in [-0.15, -0.1) is 11.8 Å². The van der Waals surface area contributed by atoms with Crippen molar-refractivity contribution in [2.75, 3.05) is 18.2 Å². The number of aromatic nitrogens is 3.